The highest BCUT2D eigenvalue weighted by atomic mass is 16.5. The average Bonchev–Trinajstić information content (AvgIpc) is 3.04. The zero-order valence-corrected chi connectivity index (χ0v) is 17.8. The summed E-state index contributed by atoms with van der Waals surface area (Å²) in [4.78, 5) is 28.2. The molecule has 1 N–H and O–H groups in total. The number of carbonyl (C=O) groups is 2. The third-order valence-corrected chi connectivity index (χ3v) is 5.38. The summed E-state index contributed by atoms with van der Waals surface area (Å²) in [7, 11) is 1.55. The van der Waals surface area contributed by atoms with E-state index in [0.717, 1.165) is 17.7 Å². The van der Waals surface area contributed by atoms with Gasteiger partial charge in [0, 0.05) is 11.3 Å². The molecule has 0 bridgehead atoms. The molecule has 4 rings (SSSR count). The second-order valence-electron chi connectivity index (χ2n) is 7.41. The molecule has 0 atom stereocenters. The molecule has 0 aliphatic carbocycles. The number of benzene rings is 3. The fourth-order valence-electron chi connectivity index (χ4n) is 3.64. The van der Waals surface area contributed by atoms with Gasteiger partial charge in [-0.25, -0.2) is 4.90 Å². The minimum atomic E-state index is -0.394. The van der Waals surface area contributed by atoms with Crippen molar-refractivity contribution in [2.45, 2.75) is 20.3 Å². The Bertz CT molecular complexity index is 1160. The minimum Gasteiger partial charge on any atom is -0.496 e. The molecule has 0 saturated carbocycles. The number of imide groups is 1. The van der Waals surface area contributed by atoms with E-state index in [1.54, 1.807) is 31.4 Å². The molecule has 2 amide bonds. The summed E-state index contributed by atoms with van der Waals surface area (Å²) in [6, 6.07) is 22.4. The highest BCUT2D eigenvalue weighted by Gasteiger charge is 2.41. The molecule has 0 unspecified atom stereocenters. The molecule has 0 fully saturated rings. The van der Waals surface area contributed by atoms with Crippen molar-refractivity contribution in [2.75, 3.05) is 17.3 Å². The molecule has 1 heterocycles. The smallest absolute Gasteiger partial charge is 0.282 e. The van der Waals surface area contributed by atoms with Gasteiger partial charge in [-0.3, -0.25) is 9.59 Å². The Morgan fingerprint density at radius 2 is 1.55 bits per heavy atom. The second kappa shape index (κ2) is 8.48. The number of ether oxygens (including phenoxy) is 1. The van der Waals surface area contributed by atoms with Gasteiger partial charge in [-0.15, -0.1) is 0 Å². The quantitative estimate of drug-likeness (QED) is 0.581. The number of nitrogens with one attached hydrogen (secondary N) is 1. The van der Waals surface area contributed by atoms with Gasteiger partial charge in [0.05, 0.1) is 18.4 Å². The zero-order chi connectivity index (χ0) is 22.0. The number of anilines is 2. The molecule has 3 aromatic rings. The first kappa shape index (κ1) is 20.4. The maximum Gasteiger partial charge on any atom is 0.282 e. The first-order valence-electron chi connectivity index (χ1n) is 10.2. The number of rotatable bonds is 6. The van der Waals surface area contributed by atoms with Gasteiger partial charge in [-0.2, -0.15) is 0 Å². The van der Waals surface area contributed by atoms with Gasteiger partial charge in [0.2, 0.25) is 0 Å². The number of nitrogens with zero attached hydrogens (tertiary/aromatic N) is 1. The minimum absolute atomic E-state index is 0.235. The Morgan fingerprint density at radius 3 is 2.19 bits per heavy atom. The molecule has 5 nitrogen and oxygen atoms in total. The number of carbonyl (C=O) groups excluding carboxylic acids is 2. The van der Waals surface area contributed by atoms with Crippen LogP contribution in [0.3, 0.4) is 0 Å². The molecule has 0 saturated heterocycles. The maximum absolute atomic E-state index is 13.5. The van der Waals surface area contributed by atoms with Crippen LogP contribution in [0.15, 0.2) is 78.5 Å². The lowest BCUT2D eigenvalue weighted by molar-refractivity contribution is -0.120. The van der Waals surface area contributed by atoms with Gasteiger partial charge >= 0.3 is 0 Å². The molecule has 0 radical (unpaired) electrons. The van der Waals surface area contributed by atoms with E-state index in [1.165, 1.54) is 10.5 Å². The van der Waals surface area contributed by atoms with Crippen molar-refractivity contribution in [3.63, 3.8) is 0 Å². The summed E-state index contributed by atoms with van der Waals surface area (Å²) < 4.78 is 5.48. The SMILES string of the molecule is CCc1ccc(NC2=C(c3ccccc3OC)C(=O)N(c3ccc(C)cc3)C2=O)cc1. The molecular weight excluding hydrogens is 388 g/mol. The summed E-state index contributed by atoms with van der Waals surface area (Å²) >= 11 is 0. The normalized spacial score (nSPS) is 13.7. The summed E-state index contributed by atoms with van der Waals surface area (Å²) in [6.45, 7) is 4.05. The van der Waals surface area contributed by atoms with E-state index in [0.29, 0.717) is 22.6 Å². The highest BCUT2D eigenvalue weighted by molar-refractivity contribution is 6.46. The monoisotopic (exact) mass is 412 g/mol. The van der Waals surface area contributed by atoms with Crippen molar-refractivity contribution < 1.29 is 14.3 Å². The largest absolute Gasteiger partial charge is 0.496 e. The van der Waals surface area contributed by atoms with Crippen LogP contribution in [-0.4, -0.2) is 18.9 Å². The Kier molecular flexibility index (Phi) is 5.58. The van der Waals surface area contributed by atoms with E-state index in [2.05, 4.69) is 12.2 Å². The van der Waals surface area contributed by atoms with Crippen LogP contribution in [-0.2, 0) is 16.0 Å². The third kappa shape index (κ3) is 3.82. The molecule has 3 aromatic carbocycles. The Balaban J connectivity index is 1.83. The van der Waals surface area contributed by atoms with Gasteiger partial charge in [-0.1, -0.05) is 55.0 Å². The molecule has 0 aromatic heterocycles. The molecule has 0 spiro atoms. The average molecular weight is 412 g/mol. The van der Waals surface area contributed by atoms with E-state index in [1.807, 2.05) is 55.5 Å². The van der Waals surface area contributed by atoms with Gasteiger partial charge in [-0.05, 0) is 49.2 Å². The Hall–Kier alpha value is -3.86. The lowest BCUT2D eigenvalue weighted by Gasteiger charge is -2.16. The molecule has 156 valence electrons. The summed E-state index contributed by atoms with van der Waals surface area (Å²) in [5.41, 5.74) is 4.62. The van der Waals surface area contributed by atoms with Gasteiger partial charge in [0.15, 0.2) is 0 Å². The van der Waals surface area contributed by atoms with Gasteiger partial charge < -0.3 is 10.1 Å². The summed E-state index contributed by atoms with van der Waals surface area (Å²) in [6.07, 6.45) is 0.925. The van der Waals surface area contributed by atoms with Crippen molar-refractivity contribution in [3.05, 3.63) is 95.2 Å². The molecule has 1 aliphatic heterocycles. The van der Waals surface area contributed by atoms with Crippen LogP contribution in [0.5, 0.6) is 5.75 Å². The van der Waals surface area contributed by atoms with Gasteiger partial charge in [0.1, 0.15) is 11.4 Å². The Labute approximate surface area is 182 Å². The predicted octanol–water partition coefficient (Wildman–Crippen LogP) is 4.96. The first-order valence-corrected chi connectivity index (χ1v) is 10.2. The van der Waals surface area contributed by atoms with Crippen LogP contribution in [0.2, 0.25) is 0 Å². The summed E-state index contributed by atoms with van der Waals surface area (Å²) in [5.74, 6) is -0.245. The summed E-state index contributed by atoms with van der Waals surface area (Å²) in [5, 5.41) is 3.20. The lowest BCUT2D eigenvalue weighted by Crippen LogP contribution is -2.32. The number of para-hydroxylation sites is 1. The fourth-order valence-corrected chi connectivity index (χ4v) is 3.64. The fraction of sp³-hybridized carbons (Fsp3) is 0.154. The van der Waals surface area contributed by atoms with Crippen molar-refractivity contribution in [1.82, 2.24) is 0 Å². The maximum atomic E-state index is 13.5. The van der Waals surface area contributed by atoms with Crippen LogP contribution in [0.25, 0.3) is 5.57 Å². The van der Waals surface area contributed by atoms with Crippen molar-refractivity contribution in [1.29, 1.82) is 0 Å². The predicted molar refractivity (Wildman–Crippen MR) is 123 cm³/mol. The van der Waals surface area contributed by atoms with E-state index in [-0.39, 0.29) is 11.6 Å². The standard InChI is InChI=1S/C26H24N2O3/c1-4-18-11-13-19(14-12-18)27-24-23(21-7-5-6-8-22(21)31-3)25(29)28(26(24)30)20-15-9-17(2)10-16-20/h5-16,27H,4H2,1-3H3. The third-order valence-electron chi connectivity index (χ3n) is 5.38. The van der Waals surface area contributed by atoms with Crippen LogP contribution in [0.4, 0.5) is 11.4 Å². The first-order chi connectivity index (χ1) is 15.0. The van der Waals surface area contributed by atoms with Gasteiger partial charge in [0.25, 0.3) is 11.8 Å². The molecular formula is C26H24N2O3. The number of aryl methyl sites for hydroxylation is 2. The highest BCUT2D eigenvalue weighted by Crippen LogP contribution is 2.37. The number of methoxy groups -OCH3 is 1. The van der Waals surface area contributed by atoms with Crippen molar-refractivity contribution in [3.8, 4) is 5.75 Å². The van der Waals surface area contributed by atoms with Crippen LogP contribution in [0.1, 0.15) is 23.6 Å². The van der Waals surface area contributed by atoms with E-state index >= 15 is 0 Å². The van der Waals surface area contributed by atoms with Crippen molar-refractivity contribution in [2.24, 2.45) is 0 Å². The number of hydrogen-bond donors (Lipinski definition) is 1. The van der Waals surface area contributed by atoms with E-state index in [9.17, 15) is 9.59 Å². The second-order valence-corrected chi connectivity index (χ2v) is 7.41. The van der Waals surface area contributed by atoms with Crippen LogP contribution < -0.4 is 15.0 Å². The van der Waals surface area contributed by atoms with E-state index in [4.69, 9.17) is 4.74 Å². The van der Waals surface area contributed by atoms with Crippen molar-refractivity contribution >= 4 is 28.8 Å². The molecule has 1 aliphatic rings. The topological polar surface area (TPSA) is 58.6 Å². The number of hydrogen-bond acceptors (Lipinski definition) is 4. The molecule has 31 heavy (non-hydrogen) atoms. The van der Waals surface area contributed by atoms with Crippen LogP contribution >= 0.6 is 0 Å². The molecule has 5 heteroatoms. The number of amides is 2. The zero-order valence-electron chi connectivity index (χ0n) is 17.8. The van der Waals surface area contributed by atoms with E-state index < -0.39 is 5.91 Å². The lowest BCUT2D eigenvalue weighted by atomic mass is 10.0. The van der Waals surface area contributed by atoms with Crippen LogP contribution in [0, 0.1) is 6.92 Å². The Morgan fingerprint density at radius 1 is 0.871 bits per heavy atom.